The molecular weight excluding hydrogens is 1420 g/mol. The lowest BCUT2D eigenvalue weighted by molar-refractivity contribution is -0.111. The van der Waals surface area contributed by atoms with E-state index in [9.17, 15) is 25.8 Å². The monoisotopic (exact) mass is 1500 g/mol. The Labute approximate surface area is 655 Å². The molecular formula is C96H88N4OS6. The second-order valence-corrected chi connectivity index (χ2v) is 36.4. The number of carbonyl (C=O) groups excluding carboxylic acids is 1. The van der Waals surface area contributed by atoms with E-state index in [4.69, 9.17) is 0 Å². The smallest absolute Gasteiger partial charge is 0.194 e. The summed E-state index contributed by atoms with van der Waals surface area (Å²) in [6.07, 6.45) is 34.1. The first-order valence-corrected chi connectivity index (χ1v) is 44.2. The largest absolute Gasteiger partial charge is 0.289 e. The van der Waals surface area contributed by atoms with Crippen molar-refractivity contribution in [2.45, 2.75) is 193 Å². The molecule has 11 heteroatoms. The van der Waals surface area contributed by atoms with Gasteiger partial charge in [-0.15, -0.1) is 68.0 Å². The number of thiophene rings is 6. The zero-order valence-electron chi connectivity index (χ0n) is 62.0. The molecule has 1 fully saturated rings. The third kappa shape index (κ3) is 12.5. The van der Waals surface area contributed by atoms with Crippen molar-refractivity contribution in [3.8, 4) is 43.8 Å². The lowest BCUT2D eigenvalue weighted by Gasteiger charge is -2.34. The number of hydrogen-bond donors (Lipinski definition) is 0. The number of nitrogens with zero attached hydrogens (tertiary/aromatic N) is 4. The van der Waals surface area contributed by atoms with Crippen LogP contribution in [0.2, 0.25) is 0 Å². The molecule has 6 heterocycles. The molecule has 5 nitrogen and oxygen atoms in total. The Bertz CT molecular complexity index is 5540. The highest BCUT2D eigenvalue weighted by molar-refractivity contribution is 7.37. The molecule has 1 atom stereocenters. The number of Topliss-reactive ketones (excluding diaryl/α,β-unsaturated/α-hetero) is 1. The summed E-state index contributed by atoms with van der Waals surface area (Å²) in [4.78, 5) is 22.3. The molecule has 0 spiro atoms. The van der Waals surface area contributed by atoms with Gasteiger partial charge in [0.1, 0.15) is 35.4 Å². The van der Waals surface area contributed by atoms with E-state index in [0.717, 1.165) is 107 Å². The Kier molecular flexibility index (Phi) is 21.0. The molecule has 1 saturated carbocycles. The van der Waals surface area contributed by atoms with Gasteiger partial charge >= 0.3 is 0 Å². The van der Waals surface area contributed by atoms with Gasteiger partial charge in [-0.2, -0.15) is 21.0 Å². The number of nitriles is 4. The van der Waals surface area contributed by atoms with Crippen LogP contribution in [0.5, 0.6) is 0 Å². The van der Waals surface area contributed by atoms with Crippen molar-refractivity contribution in [3.63, 3.8) is 0 Å². The molecule has 16 rings (SSSR count). The second kappa shape index (κ2) is 31.0. The highest BCUT2D eigenvalue weighted by Gasteiger charge is 2.56. The first kappa shape index (κ1) is 72.4. The number of ketones is 1. The Hall–Kier alpha value is -8.85. The average molecular weight is 1510 g/mol. The molecule has 0 amide bonds. The minimum atomic E-state index is -0.772. The van der Waals surface area contributed by atoms with Crippen molar-refractivity contribution in [3.05, 3.63) is 272 Å². The van der Waals surface area contributed by atoms with Crippen molar-refractivity contribution < 1.29 is 4.79 Å². The van der Waals surface area contributed by atoms with Crippen molar-refractivity contribution in [1.29, 1.82) is 21.0 Å². The molecule has 5 aliphatic carbocycles. The maximum absolute atomic E-state index is 14.9. The molecule has 11 aromatic rings. The summed E-state index contributed by atoms with van der Waals surface area (Å²) in [5, 5.41) is 42.0. The number of allylic oxidation sites excluding steroid dienone is 10. The first-order chi connectivity index (χ1) is 52.6. The van der Waals surface area contributed by atoms with E-state index in [-0.39, 0.29) is 22.8 Å². The fraction of sp³-hybridized carbons (Fsp3) is 0.323. The SMILES string of the molecule is CCCCCCc1ccc(C2(c3ccc(CCCCCC)cc3)c3c(sc4cc(/C=C5\C(=O)C6=CC(CC)CC=C6C5=C(C#N)C#N)sc34)-c3sc4c5c(sc4c32)-c2sc3cc(/C=C4\Cc6ccccc6C4=C(C#N)C#N)sc3c2C5(c2ccc(CCCCCC)cc2)c2ccc(CCCCCC)cc2)cc1. The topological polar surface area (TPSA) is 112 Å². The van der Waals surface area contributed by atoms with Crippen molar-refractivity contribution in [1.82, 2.24) is 0 Å². The van der Waals surface area contributed by atoms with Crippen molar-refractivity contribution in [2.75, 3.05) is 0 Å². The van der Waals surface area contributed by atoms with E-state index >= 15 is 0 Å². The highest BCUT2D eigenvalue weighted by atomic mass is 32.1. The van der Waals surface area contributed by atoms with E-state index in [2.05, 4.69) is 205 Å². The van der Waals surface area contributed by atoms with Gasteiger partial charge in [0.2, 0.25) is 0 Å². The zero-order valence-corrected chi connectivity index (χ0v) is 66.9. The second-order valence-electron chi connectivity index (χ2n) is 30.0. The van der Waals surface area contributed by atoms with Crippen LogP contribution in [0.3, 0.4) is 0 Å². The van der Waals surface area contributed by atoms with Crippen LogP contribution >= 0.6 is 68.0 Å². The maximum atomic E-state index is 14.9. The predicted octanol–water partition coefficient (Wildman–Crippen LogP) is 27.8. The van der Waals surface area contributed by atoms with Crippen molar-refractivity contribution in [2.24, 2.45) is 5.92 Å². The van der Waals surface area contributed by atoms with E-state index in [1.807, 2.05) is 68.8 Å². The van der Waals surface area contributed by atoms with Crippen LogP contribution in [0.25, 0.3) is 65.4 Å². The van der Waals surface area contributed by atoms with Gasteiger partial charge in [0.05, 0.1) is 49.1 Å². The van der Waals surface area contributed by atoms with Gasteiger partial charge in [0.15, 0.2) is 5.78 Å². The summed E-state index contributed by atoms with van der Waals surface area (Å²) in [7, 11) is 0. The highest BCUT2D eigenvalue weighted by Crippen LogP contribution is 2.72. The minimum Gasteiger partial charge on any atom is -0.289 e. The average Bonchev–Trinajstić information content (AvgIpc) is 1.48. The first-order valence-electron chi connectivity index (χ1n) is 39.3. The van der Waals surface area contributed by atoms with Gasteiger partial charge in [-0.1, -0.05) is 245 Å². The van der Waals surface area contributed by atoms with Crippen LogP contribution in [0.4, 0.5) is 0 Å². The molecule has 0 bridgehead atoms. The summed E-state index contributed by atoms with van der Waals surface area (Å²) < 4.78 is 7.57. The summed E-state index contributed by atoms with van der Waals surface area (Å²) in [6.45, 7) is 11.3. The number of fused-ring (bicyclic) bond motifs is 15. The van der Waals surface area contributed by atoms with Crippen LogP contribution < -0.4 is 0 Å². The Morgan fingerprint density at radius 1 is 0.439 bits per heavy atom. The number of hydrogen-bond acceptors (Lipinski definition) is 11. The Balaban J connectivity index is 0.964. The van der Waals surface area contributed by atoms with E-state index in [1.54, 1.807) is 11.3 Å². The molecule has 0 aliphatic heterocycles. The third-order valence-electron chi connectivity index (χ3n) is 23.4. The summed E-state index contributed by atoms with van der Waals surface area (Å²) in [5.41, 5.74) is 20.6. The Morgan fingerprint density at radius 2 is 0.832 bits per heavy atom. The molecule has 1 unspecified atom stereocenters. The van der Waals surface area contributed by atoms with E-state index in [0.29, 0.717) is 23.1 Å². The van der Waals surface area contributed by atoms with E-state index < -0.39 is 10.8 Å². The number of benzene rings is 5. The standard InChI is InChI=1S/C96H88N4OS6/c1-6-11-15-19-25-60-31-40-68(41-32-60)95(69-42-33-61(34-43-69)26-20-16-12-7-2)82-87-78(53-72(102-87)51-65-50-64-29-23-24-30-74(64)80(65)66(55-97)56-98)104-89(82)91-84(95)93-94(106-91)85-92(107-93)90-83(88-79(105-90)54-73(103-88)52-77-81(67(57-99)58-100)75-48-39-59(10-5)49-76(75)86(77)101)96(85,70-44-35-62(36-45-70)27-21-17-13-8-3)71-46-37-63(38-47-71)28-22-18-14-9-4/h23-24,29-38,40-49,51-54,59H,6-22,25-28,39,50H2,1-5H3/b65-51+,77-52-. The van der Waals surface area contributed by atoms with Gasteiger partial charge in [-0.05, 0) is 168 Å². The van der Waals surface area contributed by atoms with Crippen molar-refractivity contribution >= 4 is 120 Å². The molecule has 0 radical (unpaired) electrons. The lowest BCUT2D eigenvalue weighted by Crippen LogP contribution is -2.29. The number of aryl methyl sites for hydroxylation is 4. The normalized spacial score (nSPS) is 16.4. The fourth-order valence-corrected chi connectivity index (χ4v) is 26.8. The lowest BCUT2D eigenvalue weighted by atomic mass is 9.67. The fourth-order valence-electron chi connectivity index (χ4n) is 18.0. The summed E-state index contributed by atoms with van der Waals surface area (Å²) >= 11 is 11.4. The maximum Gasteiger partial charge on any atom is 0.194 e. The molecule has 5 aliphatic rings. The third-order valence-corrected chi connectivity index (χ3v) is 31.0. The minimum absolute atomic E-state index is 0.0252. The van der Waals surface area contributed by atoms with Crippen LogP contribution in [-0.2, 0) is 47.7 Å². The molecule has 0 N–H and O–H groups in total. The van der Waals surface area contributed by atoms with Crippen LogP contribution in [-0.4, -0.2) is 5.78 Å². The molecule has 534 valence electrons. The Morgan fingerprint density at radius 3 is 1.24 bits per heavy atom. The molecule has 6 aromatic heterocycles. The zero-order chi connectivity index (χ0) is 73.5. The number of unbranched alkanes of at least 4 members (excludes halogenated alkanes) is 12. The van der Waals surface area contributed by atoms with E-state index in [1.165, 1.54) is 187 Å². The summed E-state index contributed by atoms with van der Waals surface area (Å²) in [5.74, 6) is 0.101. The molecule has 0 saturated heterocycles. The van der Waals surface area contributed by atoms with Gasteiger partial charge < -0.3 is 0 Å². The van der Waals surface area contributed by atoms with Gasteiger partial charge in [0.25, 0.3) is 0 Å². The van der Waals surface area contributed by atoms with Crippen LogP contribution in [0, 0.1) is 51.2 Å². The number of rotatable bonds is 27. The number of carbonyl (C=O) groups is 1. The van der Waals surface area contributed by atoms with Crippen LogP contribution in [0.1, 0.15) is 238 Å². The van der Waals surface area contributed by atoms with Crippen LogP contribution in [0.15, 0.2) is 185 Å². The molecule has 5 aromatic carbocycles. The van der Waals surface area contributed by atoms with Gasteiger partial charge in [-0.3, -0.25) is 4.79 Å². The molecule has 107 heavy (non-hydrogen) atoms. The summed E-state index contributed by atoms with van der Waals surface area (Å²) in [6, 6.07) is 61.2. The quantitative estimate of drug-likeness (QED) is 0.0289. The van der Waals surface area contributed by atoms with Gasteiger partial charge in [0, 0.05) is 63.7 Å². The predicted molar refractivity (Wildman–Crippen MR) is 454 cm³/mol. The van der Waals surface area contributed by atoms with Gasteiger partial charge in [-0.25, -0.2) is 0 Å².